The van der Waals surface area contributed by atoms with Crippen molar-refractivity contribution in [2.45, 2.75) is 76.4 Å². The molecule has 11 nitrogen and oxygen atoms in total. The Bertz CT molecular complexity index is 1100. The minimum absolute atomic E-state index is 0.0231. The lowest BCUT2D eigenvalue weighted by atomic mass is 9.84. The summed E-state index contributed by atoms with van der Waals surface area (Å²) in [6, 6.07) is 4.57. The highest BCUT2D eigenvalue weighted by molar-refractivity contribution is 8.13. The summed E-state index contributed by atoms with van der Waals surface area (Å²) in [6.45, 7) is 1.82. The zero-order chi connectivity index (χ0) is 31.0. The maximum Gasteiger partial charge on any atom is 0.246 e. The van der Waals surface area contributed by atoms with Crippen LogP contribution in [-0.2, 0) is 39.9 Å². The van der Waals surface area contributed by atoms with Crippen molar-refractivity contribution < 1.29 is 33.4 Å². The smallest absolute Gasteiger partial charge is 0.246 e. The van der Waals surface area contributed by atoms with Gasteiger partial charge in [-0.05, 0) is 42.9 Å². The van der Waals surface area contributed by atoms with Crippen molar-refractivity contribution >= 4 is 52.1 Å². The first kappa shape index (κ1) is 34.8. The van der Waals surface area contributed by atoms with Crippen molar-refractivity contribution in [1.29, 1.82) is 0 Å². The van der Waals surface area contributed by atoms with E-state index in [1.54, 1.807) is 12.1 Å². The Morgan fingerprint density at radius 2 is 1.77 bits per heavy atom. The van der Waals surface area contributed by atoms with Gasteiger partial charge in [-0.15, -0.1) is 0 Å². The van der Waals surface area contributed by atoms with Gasteiger partial charge in [-0.2, -0.15) is 0 Å². The van der Waals surface area contributed by atoms with Gasteiger partial charge in [0.25, 0.3) is 0 Å². The van der Waals surface area contributed by atoms with Crippen molar-refractivity contribution in [3.63, 3.8) is 0 Å². The average molecular weight is 639 g/mol. The normalized spacial score (nSPS) is 24.5. The molecular formula is C30H43ClN4O7S. The maximum atomic E-state index is 13.7. The van der Waals surface area contributed by atoms with Crippen LogP contribution in [0.15, 0.2) is 24.3 Å². The van der Waals surface area contributed by atoms with Gasteiger partial charge in [0, 0.05) is 24.2 Å². The Balaban J connectivity index is 1.81. The van der Waals surface area contributed by atoms with Crippen LogP contribution in [0.2, 0.25) is 5.02 Å². The van der Waals surface area contributed by atoms with Gasteiger partial charge < -0.3 is 30.7 Å². The van der Waals surface area contributed by atoms with Crippen molar-refractivity contribution in [3.8, 4) is 0 Å². The molecule has 2 aliphatic rings. The molecule has 0 aromatic heterocycles. The van der Waals surface area contributed by atoms with Crippen LogP contribution >= 0.6 is 23.4 Å². The molecule has 13 heteroatoms. The Kier molecular flexibility index (Phi) is 15.3. The molecule has 0 radical (unpaired) electrons. The summed E-state index contributed by atoms with van der Waals surface area (Å²) >= 11 is 7.02. The van der Waals surface area contributed by atoms with Crippen LogP contribution in [0, 0.1) is 5.92 Å². The van der Waals surface area contributed by atoms with Crippen molar-refractivity contribution in [1.82, 2.24) is 21.3 Å². The summed E-state index contributed by atoms with van der Waals surface area (Å²) in [7, 11) is 0. The molecule has 0 spiro atoms. The number of carbonyl (C=O) groups is 5. The molecule has 1 aromatic carbocycles. The van der Waals surface area contributed by atoms with Crippen LogP contribution in [0.25, 0.3) is 0 Å². The second kappa shape index (κ2) is 18.9. The van der Waals surface area contributed by atoms with Gasteiger partial charge in [-0.25, -0.2) is 0 Å². The van der Waals surface area contributed by atoms with Crippen LogP contribution < -0.4 is 21.3 Å². The molecule has 1 saturated carbocycles. The molecule has 1 saturated heterocycles. The molecule has 2 fully saturated rings. The molecule has 1 heterocycles. The summed E-state index contributed by atoms with van der Waals surface area (Å²) in [5.74, 6) is -1.46. The second-order valence-electron chi connectivity index (χ2n) is 10.9. The largest absolute Gasteiger partial charge is 0.377 e. The van der Waals surface area contributed by atoms with Gasteiger partial charge in [0.2, 0.25) is 28.7 Å². The lowest BCUT2D eigenvalue weighted by Gasteiger charge is -2.28. The molecular weight excluding hydrogens is 596 g/mol. The molecule has 3 rings (SSSR count). The van der Waals surface area contributed by atoms with Gasteiger partial charge in [0.15, 0.2) is 0 Å². The number of rotatable bonds is 6. The predicted molar refractivity (Wildman–Crippen MR) is 165 cm³/mol. The fourth-order valence-electron chi connectivity index (χ4n) is 5.20. The molecule has 43 heavy (non-hydrogen) atoms. The zero-order valence-electron chi connectivity index (χ0n) is 24.7. The number of benzene rings is 1. The highest BCUT2D eigenvalue weighted by Gasteiger charge is 2.31. The minimum Gasteiger partial charge on any atom is -0.377 e. The predicted octanol–water partition coefficient (Wildman–Crippen LogP) is 2.14. The number of amides is 4. The number of hydrogen-bond donors (Lipinski definition) is 4. The molecule has 1 aliphatic heterocycles. The van der Waals surface area contributed by atoms with E-state index in [0.717, 1.165) is 49.4 Å². The lowest BCUT2D eigenvalue weighted by Crippen LogP contribution is -2.53. The first-order chi connectivity index (χ1) is 20.7. The Labute approximate surface area is 262 Å². The number of ether oxygens (including phenoxy) is 2. The van der Waals surface area contributed by atoms with Crippen LogP contribution in [0.3, 0.4) is 0 Å². The van der Waals surface area contributed by atoms with Gasteiger partial charge in [0.1, 0.15) is 18.7 Å². The van der Waals surface area contributed by atoms with Gasteiger partial charge in [0.05, 0.1) is 25.9 Å². The number of carbonyl (C=O) groups excluding carboxylic acids is 5. The second-order valence-corrected chi connectivity index (χ2v) is 12.4. The lowest BCUT2D eigenvalue weighted by molar-refractivity contribution is -0.133. The molecule has 0 unspecified atom stereocenters. The van der Waals surface area contributed by atoms with E-state index < -0.39 is 41.8 Å². The van der Waals surface area contributed by atoms with Gasteiger partial charge >= 0.3 is 0 Å². The highest BCUT2D eigenvalue weighted by Crippen LogP contribution is 2.27. The van der Waals surface area contributed by atoms with E-state index >= 15 is 0 Å². The van der Waals surface area contributed by atoms with E-state index in [1.165, 1.54) is 6.92 Å². The van der Waals surface area contributed by atoms with Crippen molar-refractivity contribution in [2.75, 3.05) is 38.7 Å². The van der Waals surface area contributed by atoms with Crippen LogP contribution in [0.1, 0.15) is 57.4 Å². The first-order valence-corrected chi connectivity index (χ1v) is 16.3. The number of aryl methyl sites for hydroxylation is 1. The van der Waals surface area contributed by atoms with Crippen LogP contribution in [0.4, 0.5) is 0 Å². The molecule has 238 valence electrons. The van der Waals surface area contributed by atoms with E-state index in [0.29, 0.717) is 17.9 Å². The SMILES string of the molecule is CC(=O)N[C@H]1CSC(=O)[C@H](CCc2cccc(Cl)c2)NC(=O)[C@H](CC2CCCCC2)NC(=O)COCCOCCNC1=O. The van der Waals surface area contributed by atoms with E-state index in [9.17, 15) is 24.0 Å². The summed E-state index contributed by atoms with van der Waals surface area (Å²) in [5.41, 5.74) is 0.900. The molecule has 1 aromatic rings. The fraction of sp³-hybridized carbons (Fsp3) is 0.633. The average Bonchev–Trinajstić information content (AvgIpc) is 2.98. The van der Waals surface area contributed by atoms with E-state index in [1.807, 2.05) is 12.1 Å². The summed E-state index contributed by atoms with van der Waals surface area (Å²) in [6.07, 6.45) is 6.48. The minimum atomic E-state index is -0.959. The monoisotopic (exact) mass is 638 g/mol. The topological polar surface area (TPSA) is 152 Å². The number of halogens is 1. The Hall–Kier alpha value is -2.67. The van der Waals surface area contributed by atoms with Crippen molar-refractivity contribution in [3.05, 3.63) is 34.9 Å². The number of nitrogens with one attached hydrogen (secondary N) is 4. The first-order valence-electron chi connectivity index (χ1n) is 14.9. The third kappa shape index (κ3) is 13.2. The Morgan fingerprint density at radius 1 is 1.00 bits per heavy atom. The molecule has 4 amide bonds. The van der Waals surface area contributed by atoms with Crippen LogP contribution in [0.5, 0.6) is 0 Å². The van der Waals surface area contributed by atoms with Crippen LogP contribution in [-0.4, -0.2) is 85.6 Å². The fourth-order valence-corrected chi connectivity index (χ4v) is 6.35. The Morgan fingerprint density at radius 3 is 2.51 bits per heavy atom. The highest BCUT2D eigenvalue weighted by atomic mass is 35.5. The summed E-state index contributed by atoms with van der Waals surface area (Å²) in [4.78, 5) is 64.5. The number of hydrogen-bond acceptors (Lipinski definition) is 8. The van der Waals surface area contributed by atoms with Crippen molar-refractivity contribution in [2.24, 2.45) is 5.92 Å². The number of thioether (sulfide) groups is 1. The zero-order valence-corrected chi connectivity index (χ0v) is 26.2. The standard InChI is InChI=1S/C30H43ClN4O7S/c1-20(36)33-26-19-43-30(40)24(11-10-22-8-5-9-23(31)16-22)35-29(39)25(17-21-6-3-2-4-7-21)34-27(37)18-42-15-14-41-13-12-32-28(26)38/h5,8-9,16,21,24-26H,2-4,6-7,10-15,17-19H2,1H3,(H,32,38)(H,33,36)(H,34,37)(H,35,39)/t24-,25-,26-/m0/s1. The molecule has 0 bridgehead atoms. The molecule has 4 N–H and O–H groups in total. The summed E-state index contributed by atoms with van der Waals surface area (Å²) in [5, 5.41) is 11.2. The molecule has 3 atom stereocenters. The van der Waals surface area contributed by atoms with Gasteiger partial charge in [-0.3, -0.25) is 24.0 Å². The molecule has 1 aliphatic carbocycles. The van der Waals surface area contributed by atoms with E-state index in [-0.39, 0.29) is 56.2 Å². The van der Waals surface area contributed by atoms with Gasteiger partial charge in [-0.1, -0.05) is 67.6 Å². The third-order valence-corrected chi connectivity index (χ3v) is 8.70. The third-order valence-electron chi connectivity index (χ3n) is 7.39. The maximum absolute atomic E-state index is 13.7. The summed E-state index contributed by atoms with van der Waals surface area (Å²) < 4.78 is 10.9. The van der Waals surface area contributed by atoms with E-state index in [4.69, 9.17) is 21.1 Å². The van der Waals surface area contributed by atoms with E-state index in [2.05, 4.69) is 21.3 Å². The quantitative estimate of drug-likeness (QED) is 0.370.